The molecule has 3 heterocycles. The second-order valence-corrected chi connectivity index (χ2v) is 7.19. The van der Waals surface area contributed by atoms with Gasteiger partial charge in [0, 0.05) is 19.6 Å². The first-order valence-corrected chi connectivity index (χ1v) is 9.17. The number of aliphatic imine (C=N–C) groups is 1. The molecule has 5 nitrogen and oxygen atoms in total. The van der Waals surface area contributed by atoms with Gasteiger partial charge in [0.2, 0.25) is 0 Å². The molecule has 126 valence electrons. The van der Waals surface area contributed by atoms with E-state index in [1.807, 2.05) is 0 Å². The number of hydrogen-bond donors (Lipinski definition) is 2. The van der Waals surface area contributed by atoms with Gasteiger partial charge in [-0.2, -0.15) is 0 Å². The van der Waals surface area contributed by atoms with Crippen molar-refractivity contribution in [2.24, 2.45) is 10.9 Å². The van der Waals surface area contributed by atoms with Gasteiger partial charge in [0.05, 0.1) is 18.2 Å². The third kappa shape index (κ3) is 4.13. The van der Waals surface area contributed by atoms with E-state index in [4.69, 9.17) is 9.73 Å². The van der Waals surface area contributed by atoms with E-state index in [0.29, 0.717) is 24.2 Å². The Bertz CT molecular complexity index is 381. The van der Waals surface area contributed by atoms with Gasteiger partial charge in [-0.3, -0.25) is 4.99 Å². The Labute approximate surface area is 134 Å². The third-order valence-corrected chi connectivity index (χ3v) is 5.10. The van der Waals surface area contributed by atoms with E-state index in [2.05, 4.69) is 29.4 Å². The maximum atomic E-state index is 5.93. The minimum atomic E-state index is 0.399. The number of rotatable bonds is 6. The second-order valence-electron chi connectivity index (χ2n) is 7.19. The molecule has 3 saturated heterocycles. The van der Waals surface area contributed by atoms with E-state index < -0.39 is 0 Å². The summed E-state index contributed by atoms with van der Waals surface area (Å²) in [5.74, 6) is 1.58. The summed E-state index contributed by atoms with van der Waals surface area (Å²) in [4.78, 5) is 7.39. The first kappa shape index (κ1) is 16.1. The number of nitrogens with one attached hydrogen (secondary N) is 2. The Kier molecular flexibility index (Phi) is 5.58. The molecule has 2 N–H and O–H groups in total. The number of nitrogens with zero attached hydrogens (tertiary/aromatic N) is 2. The molecule has 0 aromatic carbocycles. The molecule has 4 atom stereocenters. The molecule has 0 radical (unpaired) electrons. The smallest absolute Gasteiger partial charge is 0.191 e. The van der Waals surface area contributed by atoms with Crippen LogP contribution in [0.2, 0.25) is 0 Å². The van der Waals surface area contributed by atoms with E-state index in [9.17, 15) is 0 Å². The Morgan fingerprint density at radius 1 is 1.32 bits per heavy atom. The lowest BCUT2D eigenvalue weighted by Crippen LogP contribution is -2.47. The molecule has 22 heavy (non-hydrogen) atoms. The molecule has 0 saturated carbocycles. The fourth-order valence-corrected chi connectivity index (χ4v) is 4.00. The summed E-state index contributed by atoms with van der Waals surface area (Å²) in [6.07, 6.45) is 7.19. The lowest BCUT2D eigenvalue weighted by molar-refractivity contribution is 0.0992. The van der Waals surface area contributed by atoms with Crippen LogP contribution in [-0.4, -0.2) is 61.8 Å². The highest BCUT2D eigenvalue weighted by Crippen LogP contribution is 2.34. The standard InChI is InChI=1S/C17H32N4O/c1-3-18-17(20-15-10-14-6-7-16(15)22-14)19-11-13(2)12-21-8-4-5-9-21/h13-16H,3-12H2,1-2H3,(H2,18,19,20). The van der Waals surface area contributed by atoms with E-state index in [1.165, 1.54) is 45.3 Å². The van der Waals surface area contributed by atoms with E-state index >= 15 is 0 Å². The van der Waals surface area contributed by atoms with Crippen LogP contribution in [0.15, 0.2) is 4.99 Å². The largest absolute Gasteiger partial charge is 0.373 e. The molecule has 0 spiro atoms. The summed E-state index contributed by atoms with van der Waals surface area (Å²) in [6, 6.07) is 0.449. The molecule has 0 amide bonds. The Hall–Kier alpha value is -0.810. The molecule has 4 unspecified atom stereocenters. The molecule has 3 aliphatic rings. The first-order valence-electron chi connectivity index (χ1n) is 9.17. The van der Waals surface area contributed by atoms with Crippen molar-refractivity contribution in [3.63, 3.8) is 0 Å². The fourth-order valence-electron chi connectivity index (χ4n) is 4.00. The normalized spacial score (nSPS) is 33.4. The molecular weight excluding hydrogens is 276 g/mol. The molecule has 0 aliphatic carbocycles. The van der Waals surface area contributed by atoms with Crippen molar-refractivity contribution in [1.29, 1.82) is 0 Å². The van der Waals surface area contributed by atoms with Crippen molar-refractivity contribution in [3.8, 4) is 0 Å². The van der Waals surface area contributed by atoms with Crippen molar-refractivity contribution in [2.75, 3.05) is 32.7 Å². The average Bonchev–Trinajstić information content (AvgIpc) is 3.22. The number of fused-ring (bicyclic) bond motifs is 2. The zero-order valence-electron chi connectivity index (χ0n) is 14.2. The zero-order chi connectivity index (χ0) is 15.4. The molecule has 0 aromatic rings. The van der Waals surface area contributed by atoms with Crippen molar-refractivity contribution in [2.45, 2.75) is 64.2 Å². The van der Waals surface area contributed by atoms with Crippen molar-refractivity contribution >= 4 is 5.96 Å². The summed E-state index contributed by atoms with van der Waals surface area (Å²) in [5, 5.41) is 6.99. The highest BCUT2D eigenvalue weighted by molar-refractivity contribution is 5.80. The molecule has 3 fully saturated rings. The van der Waals surface area contributed by atoms with Gasteiger partial charge >= 0.3 is 0 Å². The van der Waals surface area contributed by atoms with E-state index in [-0.39, 0.29) is 0 Å². The minimum Gasteiger partial charge on any atom is -0.373 e. The molecule has 2 bridgehead atoms. The molecule has 0 aromatic heterocycles. The van der Waals surface area contributed by atoms with Gasteiger partial charge in [-0.15, -0.1) is 0 Å². The van der Waals surface area contributed by atoms with Gasteiger partial charge in [0.1, 0.15) is 0 Å². The van der Waals surface area contributed by atoms with Crippen LogP contribution < -0.4 is 10.6 Å². The molecular formula is C17H32N4O. The van der Waals surface area contributed by atoms with Gasteiger partial charge in [-0.05, 0) is 58.0 Å². The Morgan fingerprint density at radius 3 is 2.77 bits per heavy atom. The summed E-state index contributed by atoms with van der Waals surface area (Å²) in [6.45, 7) is 9.97. The first-order chi connectivity index (χ1) is 10.7. The summed E-state index contributed by atoms with van der Waals surface area (Å²) in [7, 11) is 0. The van der Waals surface area contributed by atoms with Crippen molar-refractivity contribution < 1.29 is 4.74 Å². The van der Waals surface area contributed by atoms with Crippen LogP contribution >= 0.6 is 0 Å². The Morgan fingerprint density at radius 2 is 2.14 bits per heavy atom. The number of hydrogen-bond acceptors (Lipinski definition) is 3. The predicted octanol–water partition coefficient (Wildman–Crippen LogP) is 1.59. The lowest BCUT2D eigenvalue weighted by atomic mass is 9.96. The zero-order valence-corrected chi connectivity index (χ0v) is 14.2. The van der Waals surface area contributed by atoms with Crippen LogP contribution in [0, 0.1) is 5.92 Å². The molecule has 3 rings (SSSR count). The maximum absolute atomic E-state index is 5.93. The van der Waals surface area contributed by atoms with E-state index in [1.54, 1.807) is 0 Å². The quantitative estimate of drug-likeness (QED) is 0.578. The van der Waals surface area contributed by atoms with Crippen LogP contribution in [-0.2, 0) is 4.74 Å². The molecule has 5 heteroatoms. The minimum absolute atomic E-state index is 0.399. The van der Waals surface area contributed by atoms with Crippen LogP contribution in [0.1, 0.15) is 46.0 Å². The Balaban J connectivity index is 1.46. The van der Waals surface area contributed by atoms with Gasteiger partial charge in [-0.25, -0.2) is 0 Å². The van der Waals surface area contributed by atoms with Gasteiger partial charge in [0.25, 0.3) is 0 Å². The van der Waals surface area contributed by atoms with E-state index in [0.717, 1.165) is 25.5 Å². The highest BCUT2D eigenvalue weighted by Gasteiger charge is 2.41. The summed E-state index contributed by atoms with van der Waals surface area (Å²) in [5.41, 5.74) is 0. The summed E-state index contributed by atoms with van der Waals surface area (Å²) >= 11 is 0. The lowest BCUT2D eigenvalue weighted by Gasteiger charge is -2.23. The maximum Gasteiger partial charge on any atom is 0.191 e. The predicted molar refractivity (Wildman–Crippen MR) is 90.3 cm³/mol. The van der Waals surface area contributed by atoms with Crippen molar-refractivity contribution in [3.05, 3.63) is 0 Å². The van der Waals surface area contributed by atoms with Gasteiger partial charge in [0.15, 0.2) is 5.96 Å². The van der Waals surface area contributed by atoms with Crippen LogP contribution in [0.3, 0.4) is 0 Å². The third-order valence-electron chi connectivity index (χ3n) is 5.10. The number of guanidine groups is 1. The van der Waals surface area contributed by atoms with Crippen molar-refractivity contribution in [1.82, 2.24) is 15.5 Å². The highest BCUT2D eigenvalue weighted by atomic mass is 16.5. The topological polar surface area (TPSA) is 48.9 Å². The SMILES string of the molecule is CCNC(=NCC(C)CN1CCCC1)NC1CC2CCC1O2. The number of likely N-dealkylation sites (tertiary alicyclic amines) is 1. The fraction of sp³-hybridized carbons (Fsp3) is 0.941. The monoisotopic (exact) mass is 308 g/mol. The van der Waals surface area contributed by atoms with Gasteiger partial charge < -0.3 is 20.3 Å². The second kappa shape index (κ2) is 7.64. The van der Waals surface area contributed by atoms with Crippen LogP contribution in [0.25, 0.3) is 0 Å². The average molecular weight is 308 g/mol. The summed E-state index contributed by atoms with van der Waals surface area (Å²) < 4.78 is 5.93. The number of ether oxygens (including phenoxy) is 1. The van der Waals surface area contributed by atoms with Gasteiger partial charge in [-0.1, -0.05) is 6.92 Å². The van der Waals surface area contributed by atoms with Crippen LogP contribution in [0.5, 0.6) is 0 Å². The van der Waals surface area contributed by atoms with Crippen LogP contribution in [0.4, 0.5) is 0 Å². The molecule has 3 aliphatic heterocycles.